The van der Waals surface area contributed by atoms with Gasteiger partial charge < -0.3 is 19.9 Å². The Balaban J connectivity index is 2.88. The number of carboxylic acid groups (broad SMARTS) is 1. The minimum Gasteiger partial charge on any atom is -0.478 e. The van der Waals surface area contributed by atoms with Gasteiger partial charge >= 0.3 is 5.97 Å². The van der Waals surface area contributed by atoms with Gasteiger partial charge in [0, 0.05) is 29.8 Å². The van der Waals surface area contributed by atoms with Gasteiger partial charge in [-0.25, -0.2) is 4.79 Å². The van der Waals surface area contributed by atoms with E-state index in [4.69, 9.17) is 5.11 Å². The van der Waals surface area contributed by atoms with Gasteiger partial charge in [0.2, 0.25) is 0 Å². The van der Waals surface area contributed by atoms with Crippen molar-refractivity contribution in [2.75, 3.05) is 6.61 Å². The highest BCUT2D eigenvalue weighted by Gasteiger charge is 2.23. The molecule has 5 heteroatoms. The SMILES string of the molecule is Cc1ccc2c(C(C)O)c(C)n(CCCO)c2c1C(=O)O. The predicted octanol–water partition coefficient (Wildman–Crippen LogP) is 2.39. The minimum absolute atomic E-state index is 0.0390. The monoisotopic (exact) mass is 291 g/mol. The van der Waals surface area contributed by atoms with Gasteiger partial charge in [0.05, 0.1) is 17.2 Å². The Morgan fingerprint density at radius 2 is 2.00 bits per heavy atom. The average Bonchev–Trinajstić information content (AvgIpc) is 2.68. The number of aromatic nitrogens is 1. The van der Waals surface area contributed by atoms with E-state index in [0.717, 1.165) is 16.6 Å². The first-order chi connectivity index (χ1) is 9.90. The van der Waals surface area contributed by atoms with Gasteiger partial charge in [-0.1, -0.05) is 12.1 Å². The molecule has 3 N–H and O–H groups in total. The normalized spacial score (nSPS) is 12.8. The Morgan fingerprint density at radius 3 is 2.52 bits per heavy atom. The number of aromatic carboxylic acids is 1. The molecule has 0 saturated carbocycles. The predicted molar refractivity (Wildman–Crippen MR) is 80.7 cm³/mol. The Bertz CT molecular complexity index is 685. The van der Waals surface area contributed by atoms with Crippen LogP contribution in [0.3, 0.4) is 0 Å². The lowest BCUT2D eigenvalue weighted by Crippen LogP contribution is -2.08. The molecule has 1 heterocycles. The van der Waals surface area contributed by atoms with Crippen molar-refractivity contribution in [3.63, 3.8) is 0 Å². The second-order valence-corrected chi connectivity index (χ2v) is 5.36. The van der Waals surface area contributed by atoms with Crippen LogP contribution in [0.15, 0.2) is 12.1 Å². The van der Waals surface area contributed by atoms with Gasteiger partial charge in [0.1, 0.15) is 0 Å². The summed E-state index contributed by atoms with van der Waals surface area (Å²) < 4.78 is 1.89. The van der Waals surface area contributed by atoms with Crippen LogP contribution in [0.2, 0.25) is 0 Å². The number of aliphatic hydroxyl groups excluding tert-OH is 2. The van der Waals surface area contributed by atoms with Gasteiger partial charge in [-0.15, -0.1) is 0 Å². The van der Waals surface area contributed by atoms with Crippen LogP contribution in [-0.2, 0) is 6.54 Å². The number of fused-ring (bicyclic) bond motifs is 1. The molecule has 21 heavy (non-hydrogen) atoms. The number of nitrogens with zero attached hydrogens (tertiary/aromatic N) is 1. The average molecular weight is 291 g/mol. The van der Waals surface area contributed by atoms with Gasteiger partial charge in [0.15, 0.2) is 0 Å². The van der Waals surface area contributed by atoms with Crippen LogP contribution in [0.4, 0.5) is 0 Å². The zero-order valence-electron chi connectivity index (χ0n) is 12.6. The van der Waals surface area contributed by atoms with Gasteiger partial charge in [-0.3, -0.25) is 0 Å². The molecular weight excluding hydrogens is 270 g/mol. The van der Waals surface area contributed by atoms with E-state index in [9.17, 15) is 15.0 Å². The fourth-order valence-corrected chi connectivity index (χ4v) is 3.00. The molecule has 0 amide bonds. The largest absolute Gasteiger partial charge is 0.478 e. The molecule has 0 radical (unpaired) electrons. The van der Waals surface area contributed by atoms with Crippen molar-refractivity contribution in [2.45, 2.75) is 39.8 Å². The smallest absolute Gasteiger partial charge is 0.338 e. The third kappa shape index (κ3) is 2.54. The summed E-state index contributed by atoms with van der Waals surface area (Å²) in [6.45, 7) is 5.88. The molecule has 0 aliphatic rings. The molecule has 0 aliphatic carbocycles. The highest BCUT2D eigenvalue weighted by atomic mass is 16.4. The van der Waals surface area contributed by atoms with Gasteiger partial charge in [0.25, 0.3) is 0 Å². The summed E-state index contributed by atoms with van der Waals surface area (Å²) in [6.07, 6.45) is -0.135. The number of aliphatic hydroxyl groups is 2. The van der Waals surface area contributed by atoms with Crippen molar-refractivity contribution in [1.82, 2.24) is 4.57 Å². The maximum Gasteiger partial charge on any atom is 0.338 e. The molecular formula is C16H21NO4. The Labute approximate surface area is 123 Å². The number of hydrogen-bond donors (Lipinski definition) is 3. The molecule has 1 unspecified atom stereocenters. The molecule has 2 aromatic rings. The lowest BCUT2D eigenvalue weighted by Gasteiger charge is -2.11. The molecule has 0 spiro atoms. The van der Waals surface area contributed by atoms with E-state index in [1.54, 1.807) is 19.9 Å². The number of benzene rings is 1. The standard InChI is InChI=1S/C16H21NO4/c1-9-5-6-12-14(11(3)19)10(2)17(7-4-8-18)15(12)13(9)16(20)21/h5-6,11,18-19H,4,7-8H2,1-3H3,(H,20,21). The summed E-state index contributed by atoms with van der Waals surface area (Å²) in [4.78, 5) is 11.6. The van der Waals surface area contributed by atoms with Gasteiger partial charge in [-0.05, 0) is 32.8 Å². The molecule has 5 nitrogen and oxygen atoms in total. The summed E-state index contributed by atoms with van der Waals surface area (Å²) in [5.74, 6) is -0.974. The maximum atomic E-state index is 11.6. The van der Waals surface area contributed by atoms with Gasteiger partial charge in [-0.2, -0.15) is 0 Å². The molecule has 1 aromatic heterocycles. The second-order valence-electron chi connectivity index (χ2n) is 5.36. The topological polar surface area (TPSA) is 82.7 Å². The summed E-state index contributed by atoms with van der Waals surface area (Å²) in [7, 11) is 0. The van der Waals surface area contributed by atoms with Crippen molar-refractivity contribution in [1.29, 1.82) is 0 Å². The van der Waals surface area contributed by atoms with Crippen molar-refractivity contribution in [3.05, 3.63) is 34.5 Å². The summed E-state index contributed by atoms with van der Waals surface area (Å²) in [5.41, 5.74) is 3.19. The summed E-state index contributed by atoms with van der Waals surface area (Å²) in [6, 6.07) is 3.63. The van der Waals surface area contributed by atoms with Crippen molar-refractivity contribution in [3.8, 4) is 0 Å². The van der Waals surface area contributed by atoms with E-state index in [2.05, 4.69) is 0 Å². The first-order valence-electron chi connectivity index (χ1n) is 7.04. The minimum atomic E-state index is -0.974. The molecule has 0 aliphatic heterocycles. The lowest BCUT2D eigenvalue weighted by atomic mass is 10.0. The van der Waals surface area contributed by atoms with Crippen LogP contribution in [-0.4, -0.2) is 32.5 Å². The molecule has 0 fully saturated rings. The van der Waals surface area contributed by atoms with Crippen LogP contribution in [0.5, 0.6) is 0 Å². The Kier molecular flexibility index (Phi) is 4.34. The molecule has 0 bridgehead atoms. The molecule has 1 atom stereocenters. The highest BCUT2D eigenvalue weighted by Crippen LogP contribution is 2.34. The first kappa shape index (κ1) is 15.5. The molecule has 1 aromatic carbocycles. The van der Waals surface area contributed by atoms with Crippen LogP contribution in [0.1, 0.15) is 46.6 Å². The van der Waals surface area contributed by atoms with Crippen molar-refractivity contribution >= 4 is 16.9 Å². The van der Waals surface area contributed by atoms with E-state index in [1.165, 1.54) is 0 Å². The number of aryl methyl sites for hydroxylation is 2. The molecule has 2 rings (SSSR count). The van der Waals surface area contributed by atoms with E-state index in [1.807, 2.05) is 17.6 Å². The lowest BCUT2D eigenvalue weighted by molar-refractivity contribution is 0.0698. The van der Waals surface area contributed by atoms with Crippen LogP contribution >= 0.6 is 0 Å². The number of carbonyl (C=O) groups is 1. The van der Waals surface area contributed by atoms with Crippen molar-refractivity contribution in [2.24, 2.45) is 0 Å². The second kappa shape index (κ2) is 5.87. The van der Waals surface area contributed by atoms with E-state index < -0.39 is 12.1 Å². The quantitative estimate of drug-likeness (QED) is 0.790. The van der Waals surface area contributed by atoms with Crippen LogP contribution in [0, 0.1) is 13.8 Å². The number of carboxylic acids is 1. The Morgan fingerprint density at radius 1 is 1.33 bits per heavy atom. The fourth-order valence-electron chi connectivity index (χ4n) is 3.00. The van der Waals surface area contributed by atoms with Crippen molar-refractivity contribution < 1.29 is 20.1 Å². The zero-order valence-corrected chi connectivity index (χ0v) is 12.6. The van der Waals surface area contributed by atoms with E-state index >= 15 is 0 Å². The van der Waals surface area contributed by atoms with E-state index in [0.29, 0.717) is 24.0 Å². The third-order valence-corrected chi connectivity index (χ3v) is 3.91. The summed E-state index contributed by atoms with van der Waals surface area (Å²) in [5, 5.41) is 29.4. The number of rotatable bonds is 5. The molecule has 0 saturated heterocycles. The van der Waals surface area contributed by atoms with Crippen LogP contribution in [0.25, 0.3) is 10.9 Å². The first-order valence-corrected chi connectivity index (χ1v) is 7.04. The fraction of sp³-hybridized carbons (Fsp3) is 0.438. The molecule has 114 valence electrons. The summed E-state index contributed by atoms with van der Waals surface area (Å²) >= 11 is 0. The zero-order chi connectivity index (χ0) is 15.7. The van der Waals surface area contributed by atoms with Crippen LogP contribution < -0.4 is 0 Å². The Hall–Kier alpha value is -1.85. The third-order valence-electron chi connectivity index (χ3n) is 3.91. The number of hydrogen-bond acceptors (Lipinski definition) is 3. The maximum absolute atomic E-state index is 11.6. The highest BCUT2D eigenvalue weighted by molar-refractivity contribution is 6.05. The van der Waals surface area contributed by atoms with E-state index in [-0.39, 0.29) is 12.2 Å².